The largest absolute Gasteiger partial charge is 0.449 e. The van der Waals surface area contributed by atoms with Crippen molar-refractivity contribution in [1.29, 1.82) is 5.26 Å². The van der Waals surface area contributed by atoms with Crippen LogP contribution in [0.1, 0.15) is 18.9 Å². The van der Waals surface area contributed by atoms with Gasteiger partial charge in [-0.05, 0) is 19.1 Å². The summed E-state index contributed by atoms with van der Waals surface area (Å²) < 4.78 is 6.83. The standard InChI is InChI=1S/C17H17N3O3/c1-12(17(19)22)23-16(21)8-7-13-11-20(10-4-9-18)15-6-3-2-5-14(13)15/h2-3,5-8,11-12H,4,10H2,1H3,(H2,19,22)/b8-7+/t12-/m1/s1. The molecule has 118 valence electrons. The van der Waals surface area contributed by atoms with Crippen molar-refractivity contribution in [3.05, 3.63) is 42.1 Å². The zero-order valence-corrected chi connectivity index (χ0v) is 12.7. The highest BCUT2D eigenvalue weighted by atomic mass is 16.5. The molecule has 0 fully saturated rings. The summed E-state index contributed by atoms with van der Waals surface area (Å²) in [6.45, 7) is 2.00. The number of nitrogens with two attached hydrogens (primary N) is 1. The normalized spacial score (nSPS) is 12.2. The van der Waals surface area contributed by atoms with Gasteiger partial charge in [0.15, 0.2) is 6.10 Å². The maximum Gasteiger partial charge on any atom is 0.331 e. The second kappa shape index (κ2) is 7.27. The first-order valence-electron chi connectivity index (χ1n) is 7.15. The number of carbonyl (C=O) groups excluding carboxylic acids is 2. The number of ether oxygens (including phenoxy) is 1. The van der Waals surface area contributed by atoms with E-state index in [1.165, 1.54) is 13.0 Å². The second-order valence-corrected chi connectivity index (χ2v) is 5.02. The fourth-order valence-electron chi connectivity index (χ4n) is 2.19. The quantitative estimate of drug-likeness (QED) is 0.651. The minimum atomic E-state index is -0.968. The first-order chi connectivity index (χ1) is 11.0. The SMILES string of the molecule is C[C@@H](OC(=O)/C=C/c1cn(CCC#N)c2ccccc12)C(N)=O. The van der Waals surface area contributed by atoms with Crippen molar-refractivity contribution in [2.75, 3.05) is 0 Å². The maximum absolute atomic E-state index is 11.7. The van der Waals surface area contributed by atoms with Crippen LogP contribution in [0, 0.1) is 11.3 Å². The molecule has 1 aromatic carbocycles. The Kier molecular flexibility index (Phi) is 5.15. The van der Waals surface area contributed by atoms with Gasteiger partial charge in [0, 0.05) is 35.3 Å². The summed E-state index contributed by atoms with van der Waals surface area (Å²) in [7, 11) is 0. The highest BCUT2D eigenvalue weighted by Crippen LogP contribution is 2.22. The van der Waals surface area contributed by atoms with Gasteiger partial charge in [-0.2, -0.15) is 5.26 Å². The lowest BCUT2D eigenvalue weighted by Crippen LogP contribution is -2.29. The first kappa shape index (κ1) is 16.3. The van der Waals surface area contributed by atoms with E-state index in [-0.39, 0.29) is 0 Å². The molecule has 6 nitrogen and oxygen atoms in total. The average molecular weight is 311 g/mol. The van der Waals surface area contributed by atoms with Gasteiger partial charge in [0.2, 0.25) is 0 Å². The zero-order chi connectivity index (χ0) is 16.8. The lowest BCUT2D eigenvalue weighted by atomic mass is 10.1. The van der Waals surface area contributed by atoms with E-state index < -0.39 is 18.0 Å². The van der Waals surface area contributed by atoms with E-state index in [4.69, 9.17) is 15.7 Å². The maximum atomic E-state index is 11.7. The average Bonchev–Trinajstić information content (AvgIpc) is 2.89. The number of nitriles is 1. The van der Waals surface area contributed by atoms with Crippen LogP contribution in [0.3, 0.4) is 0 Å². The van der Waals surface area contributed by atoms with Crippen molar-refractivity contribution in [2.24, 2.45) is 5.73 Å². The van der Waals surface area contributed by atoms with E-state index in [2.05, 4.69) is 6.07 Å². The van der Waals surface area contributed by atoms with Crippen LogP contribution in [0.25, 0.3) is 17.0 Å². The highest BCUT2D eigenvalue weighted by molar-refractivity contribution is 5.95. The summed E-state index contributed by atoms with van der Waals surface area (Å²) >= 11 is 0. The number of fused-ring (bicyclic) bond motifs is 1. The Labute approximate surface area is 133 Å². The van der Waals surface area contributed by atoms with Gasteiger partial charge in [0.1, 0.15) is 0 Å². The van der Waals surface area contributed by atoms with Crippen molar-refractivity contribution in [3.63, 3.8) is 0 Å². The molecule has 0 unspecified atom stereocenters. The van der Waals surface area contributed by atoms with Crippen LogP contribution in [0.4, 0.5) is 0 Å². The number of primary amides is 1. The molecule has 1 amide bonds. The van der Waals surface area contributed by atoms with E-state index in [0.29, 0.717) is 13.0 Å². The van der Waals surface area contributed by atoms with E-state index in [1.807, 2.05) is 35.0 Å². The molecule has 2 N–H and O–H groups in total. The Balaban J connectivity index is 2.23. The summed E-state index contributed by atoms with van der Waals surface area (Å²) in [6, 6.07) is 9.83. The molecule has 0 aliphatic rings. The van der Waals surface area contributed by atoms with Crippen molar-refractivity contribution >= 4 is 28.9 Å². The second-order valence-electron chi connectivity index (χ2n) is 5.02. The van der Waals surface area contributed by atoms with Crippen LogP contribution in [-0.4, -0.2) is 22.5 Å². The van der Waals surface area contributed by atoms with E-state index in [0.717, 1.165) is 16.5 Å². The summed E-state index contributed by atoms with van der Waals surface area (Å²) in [6.07, 6.45) is 4.20. The summed E-state index contributed by atoms with van der Waals surface area (Å²) in [5.41, 5.74) is 6.87. The minimum absolute atomic E-state index is 0.403. The molecule has 23 heavy (non-hydrogen) atoms. The van der Waals surface area contributed by atoms with Crippen LogP contribution >= 0.6 is 0 Å². The van der Waals surface area contributed by atoms with Crippen molar-refractivity contribution < 1.29 is 14.3 Å². The molecule has 1 atom stereocenters. The number of benzene rings is 1. The van der Waals surface area contributed by atoms with E-state index >= 15 is 0 Å². The molecule has 6 heteroatoms. The number of para-hydroxylation sites is 1. The Morgan fingerprint density at radius 2 is 2.17 bits per heavy atom. The molecule has 0 aliphatic carbocycles. The van der Waals surface area contributed by atoms with Gasteiger partial charge in [0.05, 0.1) is 12.5 Å². The Morgan fingerprint density at radius 1 is 1.43 bits per heavy atom. The van der Waals surface area contributed by atoms with E-state index in [9.17, 15) is 9.59 Å². The van der Waals surface area contributed by atoms with Crippen LogP contribution in [-0.2, 0) is 20.9 Å². The summed E-state index contributed by atoms with van der Waals surface area (Å²) in [5.74, 6) is -1.33. The van der Waals surface area contributed by atoms with Gasteiger partial charge in [-0.15, -0.1) is 0 Å². The van der Waals surface area contributed by atoms with Gasteiger partial charge in [0.25, 0.3) is 5.91 Å². The van der Waals surface area contributed by atoms with Crippen LogP contribution in [0.5, 0.6) is 0 Å². The van der Waals surface area contributed by atoms with Crippen LogP contribution in [0.15, 0.2) is 36.5 Å². The van der Waals surface area contributed by atoms with Gasteiger partial charge < -0.3 is 15.0 Å². The molecule has 0 spiro atoms. The molecule has 0 saturated carbocycles. The topological polar surface area (TPSA) is 98.1 Å². The first-order valence-corrected chi connectivity index (χ1v) is 7.15. The number of aromatic nitrogens is 1. The van der Waals surface area contributed by atoms with Crippen molar-refractivity contribution in [2.45, 2.75) is 26.0 Å². The predicted molar refractivity (Wildman–Crippen MR) is 86.0 cm³/mol. The smallest absolute Gasteiger partial charge is 0.331 e. The number of carbonyl (C=O) groups is 2. The number of hydrogen-bond donors (Lipinski definition) is 1. The molecular formula is C17H17N3O3. The zero-order valence-electron chi connectivity index (χ0n) is 12.7. The number of hydrogen-bond acceptors (Lipinski definition) is 4. The van der Waals surface area contributed by atoms with Gasteiger partial charge in [-0.25, -0.2) is 4.79 Å². The van der Waals surface area contributed by atoms with E-state index in [1.54, 1.807) is 6.08 Å². The monoisotopic (exact) mass is 311 g/mol. The molecular weight excluding hydrogens is 294 g/mol. The summed E-state index contributed by atoms with van der Waals surface area (Å²) in [4.78, 5) is 22.6. The third-order valence-corrected chi connectivity index (χ3v) is 3.38. The van der Waals surface area contributed by atoms with Crippen molar-refractivity contribution in [1.82, 2.24) is 4.57 Å². The number of nitrogens with zero attached hydrogens (tertiary/aromatic N) is 2. The Bertz CT molecular complexity index is 799. The number of rotatable bonds is 6. The number of aryl methyl sites for hydroxylation is 1. The highest BCUT2D eigenvalue weighted by Gasteiger charge is 2.12. The Hall–Kier alpha value is -3.07. The molecule has 0 saturated heterocycles. The lowest BCUT2D eigenvalue weighted by Gasteiger charge is -2.06. The molecule has 0 aliphatic heterocycles. The molecule has 2 rings (SSSR count). The van der Waals surface area contributed by atoms with Gasteiger partial charge in [-0.3, -0.25) is 4.79 Å². The van der Waals surface area contributed by atoms with Gasteiger partial charge in [-0.1, -0.05) is 18.2 Å². The molecule has 1 heterocycles. The van der Waals surface area contributed by atoms with Gasteiger partial charge >= 0.3 is 5.97 Å². The molecule has 1 aromatic heterocycles. The third kappa shape index (κ3) is 3.98. The third-order valence-electron chi connectivity index (χ3n) is 3.38. The van der Waals surface area contributed by atoms with Crippen molar-refractivity contribution in [3.8, 4) is 6.07 Å². The number of amides is 1. The van der Waals surface area contributed by atoms with Crippen LogP contribution in [0.2, 0.25) is 0 Å². The number of esters is 1. The summed E-state index contributed by atoms with van der Waals surface area (Å²) in [5, 5.41) is 9.70. The Morgan fingerprint density at radius 3 is 2.87 bits per heavy atom. The van der Waals surface area contributed by atoms with Crippen LogP contribution < -0.4 is 5.73 Å². The molecule has 0 radical (unpaired) electrons. The lowest BCUT2D eigenvalue weighted by molar-refractivity contribution is -0.148. The fourth-order valence-corrected chi connectivity index (χ4v) is 2.19. The molecule has 2 aromatic rings. The molecule has 0 bridgehead atoms. The fraction of sp³-hybridized carbons (Fsp3) is 0.235. The predicted octanol–water partition coefficient (Wildman–Crippen LogP) is 1.99. The minimum Gasteiger partial charge on any atom is -0.449 e.